The minimum Gasteiger partial charge on any atom is -0.255 e. The van der Waals surface area contributed by atoms with Gasteiger partial charge >= 0.3 is 0 Å². The maximum Gasteiger partial charge on any atom is 0.258 e. The molecule has 2 rings (SSSR count). The van der Waals surface area contributed by atoms with Crippen LogP contribution in [0.3, 0.4) is 0 Å². The van der Waals surface area contributed by atoms with E-state index < -0.39 is 11.3 Å². The highest BCUT2D eigenvalue weighted by Gasteiger charge is 2.68. The highest BCUT2D eigenvalue weighted by atomic mass is 19.3. The van der Waals surface area contributed by atoms with Crippen molar-refractivity contribution in [2.45, 2.75) is 40.0 Å². The molecule has 0 aromatic carbocycles. The van der Waals surface area contributed by atoms with Crippen molar-refractivity contribution >= 4 is 6.08 Å². The van der Waals surface area contributed by atoms with Crippen LogP contribution in [0, 0.1) is 19.3 Å². The number of aromatic nitrogens is 2. The van der Waals surface area contributed by atoms with Crippen LogP contribution in [0.2, 0.25) is 0 Å². The summed E-state index contributed by atoms with van der Waals surface area (Å²) < 4.78 is 26.4. The molecule has 1 saturated carbocycles. The van der Waals surface area contributed by atoms with Crippen molar-refractivity contribution in [1.82, 2.24) is 9.97 Å². The fourth-order valence-electron chi connectivity index (χ4n) is 1.94. The molecular formula is C13H16F2N2. The van der Waals surface area contributed by atoms with Crippen molar-refractivity contribution in [1.29, 1.82) is 0 Å². The topological polar surface area (TPSA) is 25.8 Å². The third-order valence-electron chi connectivity index (χ3n) is 3.59. The van der Waals surface area contributed by atoms with Gasteiger partial charge in [0, 0.05) is 12.6 Å². The Morgan fingerprint density at radius 1 is 1.41 bits per heavy atom. The summed E-state index contributed by atoms with van der Waals surface area (Å²) in [6, 6.07) is 0. The Labute approximate surface area is 99.8 Å². The molecular weight excluding hydrogens is 222 g/mol. The second kappa shape index (κ2) is 3.59. The summed E-state index contributed by atoms with van der Waals surface area (Å²) in [6.45, 7) is 7.03. The number of rotatable bonds is 2. The summed E-state index contributed by atoms with van der Waals surface area (Å²) in [5.74, 6) is -2.57. The first kappa shape index (κ1) is 12.1. The summed E-state index contributed by atoms with van der Waals surface area (Å²) in [4.78, 5) is 8.49. The van der Waals surface area contributed by atoms with E-state index in [1.807, 2.05) is 13.8 Å². The number of hydrogen-bond donors (Lipinski definition) is 0. The Bertz CT molecular complexity index is 494. The molecule has 0 spiro atoms. The third kappa shape index (κ3) is 1.96. The average molecular weight is 238 g/mol. The van der Waals surface area contributed by atoms with Crippen LogP contribution in [0.1, 0.15) is 37.4 Å². The molecule has 0 aliphatic heterocycles. The lowest BCUT2D eigenvalue weighted by molar-refractivity contribution is 0.0815. The zero-order valence-electron chi connectivity index (χ0n) is 10.5. The van der Waals surface area contributed by atoms with Crippen LogP contribution in [0.25, 0.3) is 6.08 Å². The number of hydrogen-bond acceptors (Lipinski definition) is 2. The minimum atomic E-state index is -2.57. The Balaban J connectivity index is 2.31. The van der Waals surface area contributed by atoms with Crippen LogP contribution < -0.4 is 0 Å². The zero-order valence-corrected chi connectivity index (χ0v) is 10.5. The fraction of sp³-hybridized carbons (Fsp3) is 0.538. The number of allylic oxidation sites excluding steroid dienone is 1. The molecule has 0 saturated heterocycles. The highest BCUT2D eigenvalue weighted by Crippen LogP contribution is 2.64. The van der Waals surface area contributed by atoms with Crippen LogP contribution >= 0.6 is 0 Å². The monoisotopic (exact) mass is 238 g/mol. The average Bonchev–Trinajstić information content (AvgIpc) is 2.72. The maximum absolute atomic E-state index is 13.2. The summed E-state index contributed by atoms with van der Waals surface area (Å²) in [6.07, 6.45) is 3.31. The van der Waals surface area contributed by atoms with Crippen molar-refractivity contribution in [2.24, 2.45) is 5.41 Å². The largest absolute Gasteiger partial charge is 0.258 e. The SMILES string of the molecule is C/C(=C\c1ncc(C)nc1C)C1(C)CC1(F)F. The first-order valence-corrected chi connectivity index (χ1v) is 5.63. The van der Waals surface area contributed by atoms with Crippen molar-refractivity contribution in [3.8, 4) is 0 Å². The molecule has 0 bridgehead atoms. The molecule has 0 N–H and O–H groups in total. The van der Waals surface area contributed by atoms with Crippen molar-refractivity contribution in [3.63, 3.8) is 0 Å². The lowest BCUT2D eigenvalue weighted by atomic mass is 9.97. The van der Waals surface area contributed by atoms with Crippen LogP contribution in [0.15, 0.2) is 11.8 Å². The quantitative estimate of drug-likeness (QED) is 0.787. The minimum absolute atomic E-state index is 0.0688. The van der Waals surface area contributed by atoms with Crippen LogP contribution in [0.4, 0.5) is 8.78 Å². The second-order valence-corrected chi connectivity index (χ2v) is 5.02. The number of aryl methyl sites for hydroxylation is 2. The van der Waals surface area contributed by atoms with Gasteiger partial charge < -0.3 is 0 Å². The second-order valence-electron chi connectivity index (χ2n) is 5.02. The van der Waals surface area contributed by atoms with Gasteiger partial charge in [-0.15, -0.1) is 0 Å². The zero-order chi connectivity index (χ0) is 12.8. The molecule has 17 heavy (non-hydrogen) atoms. The summed E-state index contributed by atoms with van der Waals surface area (Å²) >= 11 is 0. The summed E-state index contributed by atoms with van der Waals surface area (Å²) in [5, 5.41) is 0. The van der Waals surface area contributed by atoms with E-state index in [2.05, 4.69) is 9.97 Å². The summed E-state index contributed by atoms with van der Waals surface area (Å²) in [5.41, 5.74) is 1.96. The Morgan fingerprint density at radius 3 is 2.47 bits per heavy atom. The molecule has 1 unspecified atom stereocenters. The van der Waals surface area contributed by atoms with E-state index in [-0.39, 0.29) is 6.42 Å². The van der Waals surface area contributed by atoms with Gasteiger partial charge in [-0.2, -0.15) is 0 Å². The van der Waals surface area contributed by atoms with Crippen molar-refractivity contribution in [2.75, 3.05) is 0 Å². The lowest BCUT2D eigenvalue weighted by Crippen LogP contribution is -2.08. The molecule has 1 aromatic rings. The molecule has 92 valence electrons. The smallest absolute Gasteiger partial charge is 0.255 e. The lowest BCUT2D eigenvalue weighted by Gasteiger charge is -2.11. The third-order valence-corrected chi connectivity index (χ3v) is 3.59. The van der Waals surface area contributed by atoms with Crippen molar-refractivity contribution < 1.29 is 8.78 Å². The van der Waals surface area contributed by atoms with Crippen molar-refractivity contribution in [3.05, 3.63) is 28.9 Å². The van der Waals surface area contributed by atoms with Gasteiger partial charge in [-0.25, -0.2) is 8.78 Å². The standard InChI is InChI=1S/C13H16F2N2/c1-8(12(4)7-13(12,14)15)5-11-10(3)17-9(2)6-16-11/h5-6H,7H2,1-4H3/b8-5+. The first-order chi connectivity index (χ1) is 7.76. The molecule has 1 heterocycles. The number of halogens is 2. The van der Waals surface area contributed by atoms with E-state index in [1.165, 1.54) is 0 Å². The van der Waals surface area contributed by atoms with Crippen LogP contribution in [-0.4, -0.2) is 15.9 Å². The molecule has 0 amide bonds. The molecule has 0 radical (unpaired) electrons. The molecule has 4 heteroatoms. The van der Waals surface area contributed by atoms with Gasteiger partial charge in [0.05, 0.1) is 22.5 Å². The van der Waals surface area contributed by atoms with E-state index in [0.29, 0.717) is 11.3 Å². The predicted molar refractivity (Wildman–Crippen MR) is 62.8 cm³/mol. The van der Waals surface area contributed by atoms with Gasteiger partial charge in [0.1, 0.15) is 0 Å². The van der Waals surface area contributed by atoms with Gasteiger partial charge in [-0.1, -0.05) is 5.57 Å². The van der Waals surface area contributed by atoms with Crippen LogP contribution in [0.5, 0.6) is 0 Å². The molecule has 1 aliphatic carbocycles. The van der Waals surface area contributed by atoms with Crippen LogP contribution in [-0.2, 0) is 0 Å². The van der Waals surface area contributed by atoms with E-state index in [4.69, 9.17) is 0 Å². The Hall–Kier alpha value is -1.32. The predicted octanol–water partition coefficient (Wildman–Crippen LogP) is 3.54. The number of nitrogens with zero attached hydrogens (tertiary/aromatic N) is 2. The van der Waals surface area contributed by atoms with Gasteiger partial charge in [-0.3, -0.25) is 9.97 Å². The van der Waals surface area contributed by atoms with E-state index in [1.54, 1.807) is 26.1 Å². The summed E-state index contributed by atoms with van der Waals surface area (Å²) in [7, 11) is 0. The Morgan fingerprint density at radius 2 is 2.00 bits per heavy atom. The van der Waals surface area contributed by atoms with Gasteiger partial charge in [0.25, 0.3) is 5.92 Å². The first-order valence-electron chi connectivity index (χ1n) is 5.63. The van der Waals surface area contributed by atoms with E-state index in [0.717, 1.165) is 11.4 Å². The molecule has 1 fully saturated rings. The fourth-order valence-corrected chi connectivity index (χ4v) is 1.94. The molecule has 1 atom stereocenters. The normalized spacial score (nSPS) is 27.1. The molecule has 1 aliphatic rings. The highest BCUT2D eigenvalue weighted by molar-refractivity contribution is 5.54. The van der Waals surface area contributed by atoms with E-state index in [9.17, 15) is 8.78 Å². The maximum atomic E-state index is 13.2. The van der Waals surface area contributed by atoms with E-state index >= 15 is 0 Å². The van der Waals surface area contributed by atoms with Gasteiger partial charge in [0.2, 0.25) is 0 Å². The van der Waals surface area contributed by atoms with Gasteiger partial charge in [-0.05, 0) is 33.8 Å². The van der Waals surface area contributed by atoms with Gasteiger partial charge in [0.15, 0.2) is 0 Å². The number of alkyl halides is 2. The molecule has 1 aromatic heterocycles. The molecule has 2 nitrogen and oxygen atoms in total. The Kier molecular flexibility index (Phi) is 2.56.